The molecule has 212 valence electrons. The number of hydrogen-bond acceptors (Lipinski definition) is 6. The SMILES string of the molecule is CC(=O)OC[C@]1(O)C(=O)O[C@@H]2C[C@]3(C)CC[C@]4(C)[C@@H](CC[C@@H]5[C@@]6(C)CCC(=O)C(C)(C)[C@@H]6CC[C@]54C)[C@@H]3[C@@H]21. The second kappa shape index (κ2) is 7.85. The predicted molar refractivity (Wildman–Crippen MR) is 142 cm³/mol. The van der Waals surface area contributed by atoms with Gasteiger partial charge >= 0.3 is 11.9 Å². The number of carbonyl (C=O) groups is 3. The average Bonchev–Trinajstić information content (AvgIpc) is 3.25. The Bertz CT molecular complexity index is 1080. The molecule has 1 saturated heterocycles. The van der Waals surface area contributed by atoms with Gasteiger partial charge in [-0.1, -0.05) is 41.5 Å². The molecule has 0 unspecified atom stereocenters. The fourth-order valence-corrected chi connectivity index (χ4v) is 12.2. The van der Waals surface area contributed by atoms with Crippen molar-refractivity contribution in [3.8, 4) is 0 Å². The first-order valence-electron chi connectivity index (χ1n) is 15.1. The molecule has 5 saturated carbocycles. The van der Waals surface area contributed by atoms with Crippen molar-refractivity contribution in [3.05, 3.63) is 0 Å². The maximum atomic E-state index is 13.0. The van der Waals surface area contributed by atoms with E-state index in [0.717, 1.165) is 51.4 Å². The van der Waals surface area contributed by atoms with E-state index >= 15 is 0 Å². The summed E-state index contributed by atoms with van der Waals surface area (Å²) in [5, 5.41) is 11.8. The van der Waals surface area contributed by atoms with Gasteiger partial charge in [-0.15, -0.1) is 0 Å². The molecule has 6 heteroatoms. The highest BCUT2D eigenvalue weighted by Gasteiger charge is 2.75. The number of hydrogen-bond donors (Lipinski definition) is 1. The third-order valence-corrected chi connectivity index (χ3v) is 14.3. The van der Waals surface area contributed by atoms with Gasteiger partial charge in [0.25, 0.3) is 0 Å². The van der Waals surface area contributed by atoms with Crippen LogP contribution in [-0.4, -0.2) is 41.1 Å². The van der Waals surface area contributed by atoms with Crippen molar-refractivity contribution in [2.75, 3.05) is 6.61 Å². The Morgan fingerprint density at radius 2 is 1.63 bits per heavy atom. The summed E-state index contributed by atoms with van der Waals surface area (Å²) in [6.45, 7) is 15.3. The Balaban J connectivity index is 1.38. The minimum atomic E-state index is -1.77. The number of ether oxygens (including phenoxy) is 2. The molecule has 1 N–H and O–H groups in total. The number of fused-ring (bicyclic) bond motifs is 9. The molecule has 1 heterocycles. The highest BCUT2D eigenvalue weighted by atomic mass is 16.6. The van der Waals surface area contributed by atoms with E-state index < -0.39 is 17.5 Å². The van der Waals surface area contributed by atoms with Crippen LogP contribution in [0.1, 0.15) is 106 Å². The second-order valence-electron chi connectivity index (χ2n) is 15.9. The Labute approximate surface area is 228 Å². The van der Waals surface area contributed by atoms with Crippen LogP contribution in [0.4, 0.5) is 0 Å². The molecular formula is C32H48O6. The summed E-state index contributed by atoms with van der Waals surface area (Å²) < 4.78 is 11.1. The van der Waals surface area contributed by atoms with Gasteiger partial charge in [-0.25, -0.2) is 4.79 Å². The molecule has 0 aromatic heterocycles. The lowest BCUT2D eigenvalue weighted by Gasteiger charge is -2.72. The van der Waals surface area contributed by atoms with Crippen molar-refractivity contribution in [2.45, 2.75) is 118 Å². The Morgan fingerprint density at radius 1 is 0.921 bits per heavy atom. The van der Waals surface area contributed by atoms with E-state index in [1.165, 1.54) is 6.92 Å². The summed E-state index contributed by atoms with van der Waals surface area (Å²) in [5.41, 5.74) is -1.68. The van der Waals surface area contributed by atoms with Crippen LogP contribution in [-0.2, 0) is 23.9 Å². The average molecular weight is 529 g/mol. The zero-order chi connectivity index (χ0) is 27.7. The lowest BCUT2D eigenvalue weighted by molar-refractivity contribution is -0.238. The van der Waals surface area contributed by atoms with E-state index in [2.05, 4.69) is 41.5 Å². The molecule has 0 radical (unpaired) electrons. The summed E-state index contributed by atoms with van der Waals surface area (Å²) in [4.78, 5) is 37.7. The topological polar surface area (TPSA) is 89.9 Å². The molecule has 0 aromatic rings. The fraction of sp³-hybridized carbons (Fsp3) is 0.906. The lowest BCUT2D eigenvalue weighted by atomic mass is 9.32. The molecule has 6 rings (SSSR count). The van der Waals surface area contributed by atoms with Crippen molar-refractivity contribution < 1.29 is 29.0 Å². The normalized spacial score (nSPS) is 54.6. The van der Waals surface area contributed by atoms with Crippen LogP contribution in [0.25, 0.3) is 0 Å². The third-order valence-electron chi connectivity index (χ3n) is 14.3. The first-order valence-corrected chi connectivity index (χ1v) is 15.1. The number of rotatable bonds is 2. The Morgan fingerprint density at radius 3 is 2.32 bits per heavy atom. The van der Waals surface area contributed by atoms with Crippen LogP contribution in [0.5, 0.6) is 0 Å². The van der Waals surface area contributed by atoms with E-state index in [1.807, 2.05) is 0 Å². The molecule has 6 nitrogen and oxygen atoms in total. The quantitative estimate of drug-likeness (QED) is 0.477. The molecular weight excluding hydrogens is 480 g/mol. The van der Waals surface area contributed by atoms with Crippen molar-refractivity contribution in [3.63, 3.8) is 0 Å². The molecule has 0 amide bonds. The van der Waals surface area contributed by atoms with Crippen LogP contribution in [0, 0.1) is 56.7 Å². The first-order chi connectivity index (χ1) is 17.5. The van der Waals surface area contributed by atoms with Crippen molar-refractivity contribution >= 4 is 17.7 Å². The Kier molecular flexibility index (Phi) is 5.53. The molecule has 6 fully saturated rings. The van der Waals surface area contributed by atoms with Gasteiger partial charge in [0.15, 0.2) is 0 Å². The molecule has 11 atom stereocenters. The largest absolute Gasteiger partial charge is 0.462 e. The highest BCUT2D eigenvalue weighted by Crippen LogP contribution is 2.78. The number of ketones is 1. The highest BCUT2D eigenvalue weighted by molar-refractivity contribution is 5.85. The third kappa shape index (κ3) is 3.07. The first kappa shape index (κ1) is 26.8. The van der Waals surface area contributed by atoms with Crippen LogP contribution >= 0.6 is 0 Å². The molecule has 1 aliphatic heterocycles. The number of Topliss-reactive ketones (excluding diaryl/α,β-unsaturated/α-hetero) is 1. The molecule has 0 aromatic carbocycles. The van der Waals surface area contributed by atoms with Gasteiger partial charge in [-0.2, -0.15) is 0 Å². The monoisotopic (exact) mass is 528 g/mol. The summed E-state index contributed by atoms with van der Waals surface area (Å²) in [6, 6.07) is 0. The second-order valence-corrected chi connectivity index (χ2v) is 15.9. The molecule has 6 aliphatic rings. The Hall–Kier alpha value is -1.43. The standard InChI is InChI=1S/C32H48O6/c1-18(33)37-17-32(36)25-20(38-26(32)35)16-28(4)14-15-30(6)19(24(25)28)8-9-22-29(5)12-11-23(34)27(2,3)21(29)10-13-31(22,30)7/h19-22,24-25,36H,8-17H2,1-7H3/t19-,20+,21-,22+,24+,25+,28-,29-,30+,31+,32+/m0/s1. The molecule has 0 spiro atoms. The van der Waals surface area contributed by atoms with Gasteiger partial charge in [-0.05, 0) is 96.7 Å². The van der Waals surface area contributed by atoms with E-state index in [-0.39, 0.29) is 51.6 Å². The van der Waals surface area contributed by atoms with Gasteiger partial charge in [0.1, 0.15) is 18.5 Å². The van der Waals surface area contributed by atoms with E-state index in [0.29, 0.717) is 30.0 Å². The molecule has 38 heavy (non-hydrogen) atoms. The zero-order valence-electron chi connectivity index (χ0n) is 24.5. The van der Waals surface area contributed by atoms with Crippen molar-refractivity contribution in [1.29, 1.82) is 0 Å². The zero-order valence-corrected chi connectivity index (χ0v) is 24.5. The maximum absolute atomic E-state index is 13.0. The molecule has 0 bridgehead atoms. The van der Waals surface area contributed by atoms with Crippen molar-refractivity contribution in [1.82, 2.24) is 0 Å². The van der Waals surface area contributed by atoms with Gasteiger partial charge in [0.2, 0.25) is 5.60 Å². The van der Waals surface area contributed by atoms with Crippen LogP contribution in [0.3, 0.4) is 0 Å². The number of carbonyl (C=O) groups excluding carboxylic acids is 3. The predicted octanol–water partition coefficient (Wildman–Crippen LogP) is 5.49. The minimum absolute atomic E-state index is 0.00599. The molecule has 5 aliphatic carbocycles. The van der Waals surface area contributed by atoms with Gasteiger partial charge in [-0.3, -0.25) is 9.59 Å². The fourth-order valence-electron chi connectivity index (χ4n) is 12.2. The van der Waals surface area contributed by atoms with Crippen LogP contribution in [0.2, 0.25) is 0 Å². The summed E-state index contributed by atoms with van der Waals surface area (Å²) >= 11 is 0. The number of aliphatic hydroxyl groups is 1. The minimum Gasteiger partial charge on any atom is -0.462 e. The number of esters is 2. The van der Waals surface area contributed by atoms with Crippen LogP contribution in [0.15, 0.2) is 0 Å². The van der Waals surface area contributed by atoms with Gasteiger partial charge in [0.05, 0.1) is 0 Å². The summed E-state index contributed by atoms with van der Waals surface area (Å²) in [7, 11) is 0. The van der Waals surface area contributed by atoms with Gasteiger partial charge < -0.3 is 14.6 Å². The lowest BCUT2D eigenvalue weighted by Crippen LogP contribution is -2.66. The van der Waals surface area contributed by atoms with E-state index in [9.17, 15) is 19.5 Å². The van der Waals surface area contributed by atoms with E-state index in [1.54, 1.807) is 0 Å². The summed E-state index contributed by atoms with van der Waals surface area (Å²) in [5.74, 6) is 0.481. The summed E-state index contributed by atoms with van der Waals surface area (Å²) in [6.07, 6.45) is 8.80. The van der Waals surface area contributed by atoms with Gasteiger partial charge in [0, 0.05) is 24.7 Å². The smallest absolute Gasteiger partial charge is 0.342 e. The van der Waals surface area contributed by atoms with E-state index in [4.69, 9.17) is 9.47 Å². The van der Waals surface area contributed by atoms with Crippen molar-refractivity contribution in [2.24, 2.45) is 56.7 Å². The van der Waals surface area contributed by atoms with Crippen LogP contribution < -0.4 is 0 Å². The maximum Gasteiger partial charge on any atom is 0.342 e.